The lowest BCUT2D eigenvalue weighted by molar-refractivity contribution is 0.0686. The van der Waals surface area contributed by atoms with Crippen LogP contribution in [0.3, 0.4) is 0 Å². The van der Waals surface area contributed by atoms with Crippen molar-refractivity contribution < 1.29 is 24.6 Å². The first-order valence-electron chi connectivity index (χ1n) is 14.6. The molecule has 3 heterocycles. The molecule has 3 aromatic carbocycles. The van der Waals surface area contributed by atoms with E-state index in [0.717, 1.165) is 23.7 Å². The van der Waals surface area contributed by atoms with Crippen LogP contribution in [0.2, 0.25) is 0 Å². The number of anilines is 2. The van der Waals surface area contributed by atoms with Crippen molar-refractivity contribution in [2.75, 3.05) is 23.0 Å². The Kier molecular flexibility index (Phi) is 7.87. The third-order valence-corrected chi connectivity index (χ3v) is 8.12. The van der Waals surface area contributed by atoms with Crippen LogP contribution in [0.25, 0.3) is 17.8 Å². The zero-order valence-corrected chi connectivity index (χ0v) is 24.5. The Bertz CT molecular complexity index is 2040. The monoisotopic (exact) mass is 602 g/mol. The molecule has 0 atom stereocenters. The molecule has 2 N–H and O–H groups in total. The Labute approximate surface area is 258 Å². The average Bonchev–Trinajstić information content (AvgIpc) is 3.40. The number of fused-ring (bicyclic) bond motifs is 1. The van der Waals surface area contributed by atoms with Crippen LogP contribution >= 0.6 is 0 Å². The lowest BCUT2D eigenvalue weighted by Gasteiger charge is -2.28. The molecule has 0 saturated carbocycles. The van der Waals surface area contributed by atoms with Crippen molar-refractivity contribution in [2.45, 2.75) is 26.2 Å². The predicted octanol–water partition coefficient (Wildman–Crippen LogP) is 4.22. The second-order valence-corrected chi connectivity index (χ2v) is 11.0. The molecule has 45 heavy (non-hydrogen) atoms. The number of rotatable bonds is 7. The summed E-state index contributed by atoms with van der Waals surface area (Å²) >= 11 is 0. The van der Waals surface area contributed by atoms with Crippen molar-refractivity contribution in [3.8, 4) is 5.69 Å². The molecule has 10 heteroatoms. The number of nitrogens with zero attached hydrogens (tertiary/aromatic N) is 4. The van der Waals surface area contributed by atoms with Gasteiger partial charge < -0.3 is 15.1 Å². The fraction of sp³-hybridized carbons (Fsp3) is 0.171. The van der Waals surface area contributed by atoms with Gasteiger partial charge in [-0.3, -0.25) is 14.2 Å². The molecular formula is C35H30N4O6. The molecule has 0 spiro atoms. The van der Waals surface area contributed by atoms with Gasteiger partial charge >= 0.3 is 11.9 Å². The van der Waals surface area contributed by atoms with Gasteiger partial charge in [0.15, 0.2) is 5.49 Å². The third kappa shape index (κ3) is 5.65. The highest BCUT2D eigenvalue weighted by atomic mass is 16.4. The van der Waals surface area contributed by atoms with E-state index in [4.69, 9.17) is 0 Å². The van der Waals surface area contributed by atoms with Crippen molar-refractivity contribution in [3.63, 3.8) is 0 Å². The summed E-state index contributed by atoms with van der Waals surface area (Å²) < 4.78 is 1.28. The average molecular weight is 603 g/mol. The lowest BCUT2D eigenvalue weighted by Crippen LogP contribution is -2.45. The van der Waals surface area contributed by atoms with Crippen LogP contribution in [-0.4, -0.2) is 45.7 Å². The number of benzene rings is 3. The number of piperidine rings is 1. The topological polar surface area (TPSA) is 133 Å². The van der Waals surface area contributed by atoms with Gasteiger partial charge in [0.05, 0.1) is 28.1 Å². The molecule has 0 bridgehead atoms. The van der Waals surface area contributed by atoms with Crippen molar-refractivity contribution in [1.82, 2.24) is 4.57 Å². The Balaban J connectivity index is 1.45. The second kappa shape index (κ2) is 12.1. The minimum atomic E-state index is -1.16. The molecule has 1 fully saturated rings. The van der Waals surface area contributed by atoms with E-state index in [0.29, 0.717) is 11.3 Å². The van der Waals surface area contributed by atoms with Crippen LogP contribution < -0.4 is 26.2 Å². The smallest absolute Gasteiger partial charge is 0.335 e. The van der Waals surface area contributed by atoms with Crippen LogP contribution in [-0.2, 0) is 0 Å². The van der Waals surface area contributed by atoms with Crippen molar-refractivity contribution >= 4 is 41.4 Å². The van der Waals surface area contributed by atoms with E-state index in [1.165, 1.54) is 72.0 Å². The molecule has 10 nitrogen and oxygen atoms in total. The summed E-state index contributed by atoms with van der Waals surface area (Å²) in [4.78, 5) is 53.3. The second-order valence-electron chi connectivity index (χ2n) is 11.0. The zero-order valence-electron chi connectivity index (χ0n) is 24.5. The summed E-state index contributed by atoms with van der Waals surface area (Å²) in [6, 6.07) is 19.8. The number of allylic oxidation sites excluding steroid dienone is 1. The number of aromatic carboxylic acids is 2. The summed E-state index contributed by atoms with van der Waals surface area (Å²) in [6.45, 7) is 3.79. The van der Waals surface area contributed by atoms with E-state index in [1.807, 2.05) is 18.2 Å². The molecule has 4 aromatic rings. The molecule has 226 valence electrons. The predicted molar refractivity (Wildman–Crippen MR) is 171 cm³/mol. The first kappa shape index (κ1) is 29.3. The Morgan fingerprint density at radius 2 is 1.47 bits per heavy atom. The largest absolute Gasteiger partial charge is 0.478 e. The maximum Gasteiger partial charge on any atom is 0.335 e. The van der Waals surface area contributed by atoms with Gasteiger partial charge in [0.2, 0.25) is 0 Å². The van der Waals surface area contributed by atoms with Gasteiger partial charge in [0.25, 0.3) is 11.5 Å². The minimum absolute atomic E-state index is 0.0204. The number of amides is 1. The zero-order chi connectivity index (χ0) is 31.7. The van der Waals surface area contributed by atoms with Gasteiger partial charge in [-0.2, -0.15) is 5.01 Å². The fourth-order valence-electron chi connectivity index (χ4n) is 5.73. The molecule has 0 unspecified atom stereocenters. The molecule has 1 aromatic heterocycles. The van der Waals surface area contributed by atoms with Gasteiger partial charge in [0.1, 0.15) is 0 Å². The van der Waals surface area contributed by atoms with E-state index in [2.05, 4.69) is 22.1 Å². The van der Waals surface area contributed by atoms with Gasteiger partial charge in [0, 0.05) is 24.0 Å². The molecule has 1 amide bonds. The maximum absolute atomic E-state index is 14.0. The highest BCUT2D eigenvalue weighted by molar-refractivity contribution is 6.08. The van der Waals surface area contributed by atoms with Gasteiger partial charge in [-0.1, -0.05) is 30.4 Å². The number of hydrogen-bond donors (Lipinski definition) is 2. The molecule has 6 rings (SSSR count). The maximum atomic E-state index is 14.0. The number of pyridine rings is 1. The fourth-order valence-corrected chi connectivity index (χ4v) is 5.73. The number of carbonyl (C=O) groups is 3. The van der Waals surface area contributed by atoms with E-state index in [1.54, 1.807) is 25.1 Å². The van der Waals surface area contributed by atoms with Crippen LogP contribution in [0.4, 0.5) is 11.4 Å². The Morgan fingerprint density at radius 1 is 0.800 bits per heavy atom. The summed E-state index contributed by atoms with van der Waals surface area (Å²) in [5.41, 5.74) is 2.93. The molecular weight excluding hydrogens is 572 g/mol. The Morgan fingerprint density at radius 3 is 2.13 bits per heavy atom. The highest BCUT2D eigenvalue weighted by Crippen LogP contribution is 2.23. The van der Waals surface area contributed by atoms with Crippen LogP contribution in [0, 0.1) is 6.92 Å². The first-order valence-corrected chi connectivity index (χ1v) is 14.6. The third-order valence-electron chi connectivity index (χ3n) is 8.12. The van der Waals surface area contributed by atoms with Crippen LogP contribution in [0.5, 0.6) is 0 Å². The molecule has 0 aliphatic carbocycles. The van der Waals surface area contributed by atoms with Crippen molar-refractivity contribution in [1.29, 1.82) is 0 Å². The first-order chi connectivity index (χ1) is 21.7. The normalized spacial score (nSPS) is 15.0. The number of carbonyl (C=O) groups excluding carboxylic acids is 1. The number of aromatic nitrogens is 1. The van der Waals surface area contributed by atoms with Gasteiger partial charge in [-0.05, 0) is 98.0 Å². The van der Waals surface area contributed by atoms with Crippen LogP contribution in [0.1, 0.15) is 61.5 Å². The van der Waals surface area contributed by atoms with Crippen molar-refractivity contribution in [3.05, 3.63) is 128 Å². The highest BCUT2D eigenvalue weighted by Gasteiger charge is 2.31. The van der Waals surface area contributed by atoms with Crippen molar-refractivity contribution in [2.24, 2.45) is 5.10 Å². The van der Waals surface area contributed by atoms with E-state index < -0.39 is 23.4 Å². The minimum Gasteiger partial charge on any atom is -0.478 e. The van der Waals surface area contributed by atoms with Gasteiger partial charge in [-0.15, -0.1) is 5.10 Å². The number of hydrogen-bond acceptors (Lipinski definition) is 6. The summed E-state index contributed by atoms with van der Waals surface area (Å²) in [7, 11) is 0. The summed E-state index contributed by atoms with van der Waals surface area (Å²) in [5.74, 6) is -2.79. The molecule has 2 aliphatic heterocycles. The van der Waals surface area contributed by atoms with E-state index in [-0.39, 0.29) is 33.1 Å². The quantitative estimate of drug-likeness (QED) is 0.324. The van der Waals surface area contributed by atoms with E-state index >= 15 is 0 Å². The summed E-state index contributed by atoms with van der Waals surface area (Å²) in [6.07, 6.45) is 8.95. The van der Waals surface area contributed by atoms with Crippen LogP contribution in [0.15, 0.2) is 88.8 Å². The Hall–Kier alpha value is -5.77. The van der Waals surface area contributed by atoms with Gasteiger partial charge in [-0.25, -0.2) is 9.59 Å². The number of carboxylic acid groups (broad SMARTS) is 2. The van der Waals surface area contributed by atoms with E-state index in [9.17, 15) is 29.4 Å². The molecule has 0 radical (unpaired) electrons. The lowest BCUT2D eigenvalue weighted by atomic mass is 10.1. The molecule has 2 aliphatic rings. The number of carboxylic acids is 2. The summed E-state index contributed by atoms with van der Waals surface area (Å²) in [5, 5.41) is 24.7. The standard InChI is InChI=1S/C35H30N4O6/c1-22-29(10-5-7-23-11-15-26(16-12-23)37-19-3-2-4-20-37)32(40)38(27-17-13-24(14-18-27)34(42)43)31-30(22)33(41)39(36-31)28-9-6-8-25(21-28)35(44)45/h5-18,21H,2-4,19-20H2,1H3,(H,42,43)(H,44,45)/b7-5?,29-10-. The molecule has 1 saturated heterocycles. The SMILES string of the molecule is Cc1c2c(n(-c3ccc(C(=O)O)cc3)c(=O)/c1=C\C=Cc1ccc(N3CCCCC3)cc1)=NN(c1cccc(C(=O)O)c1)C2=O.